The Kier molecular flexibility index (Phi) is 7.44. The number of benzene rings is 2. The third-order valence-corrected chi connectivity index (χ3v) is 7.17. The molecule has 4 nitrogen and oxygen atoms in total. The van der Waals surface area contributed by atoms with E-state index in [1.807, 2.05) is 46.8 Å². The van der Waals surface area contributed by atoms with Gasteiger partial charge in [0.05, 0.1) is 16.8 Å². The largest absolute Gasteiger partial charge is 0.337 e. The third-order valence-electron chi connectivity index (χ3n) is 5.17. The van der Waals surface area contributed by atoms with Gasteiger partial charge in [-0.15, -0.1) is 23.1 Å². The third kappa shape index (κ3) is 5.64. The molecule has 7 heteroatoms. The van der Waals surface area contributed by atoms with Crippen molar-refractivity contribution in [2.45, 2.75) is 23.6 Å². The number of aromatic nitrogens is 1. The first-order valence-electron chi connectivity index (χ1n) is 10.0. The predicted octanol–water partition coefficient (Wildman–Crippen LogP) is 5.44. The van der Waals surface area contributed by atoms with Gasteiger partial charge in [0.15, 0.2) is 0 Å². The molecule has 0 bridgehead atoms. The lowest BCUT2D eigenvalue weighted by atomic mass is 10.2. The zero-order valence-electron chi connectivity index (χ0n) is 16.7. The van der Waals surface area contributed by atoms with E-state index >= 15 is 0 Å². The van der Waals surface area contributed by atoms with Gasteiger partial charge in [-0.25, -0.2) is 4.98 Å². The summed E-state index contributed by atoms with van der Waals surface area (Å²) in [6.07, 6.45) is 0.980. The van der Waals surface area contributed by atoms with Crippen LogP contribution in [0.5, 0.6) is 0 Å². The summed E-state index contributed by atoms with van der Waals surface area (Å²) < 4.78 is 0. The van der Waals surface area contributed by atoms with Crippen molar-refractivity contribution in [1.82, 2.24) is 14.8 Å². The molecule has 4 rings (SSSR count). The van der Waals surface area contributed by atoms with Crippen molar-refractivity contribution in [3.05, 3.63) is 81.3 Å². The van der Waals surface area contributed by atoms with Crippen LogP contribution in [0.3, 0.4) is 0 Å². The number of thiazole rings is 1. The molecule has 3 aromatic rings. The van der Waals surface area contributed by atoms with E-state index in [0.717, 1.165) is 66.1 Å². The van der Waals surface area contributed by atoms with Crippen molar-refractivity contribution < 1.29 is 4.79 Å². The lowest BCUT2D eigenvalue weighted by Crippen LogP contribution is -2.35. The van der Waals surface area contributed by atoms with Crippen LogP contribution in [-0.4, -0.2) is 46.9 Å². The molecule has 1 saturated heterocycles. The molecule has 0 saturated carbocycles. The second-order valence-electron chi connectivity index (χ2n) is 7.31. The molecule has 1 fully saturated rings. The average molecular weight is 458 g/mol. The Bertz CT molecular complexity index is 963. The van der Waals surface area contributed by atoms with Gasteiger partial charge in [0.1, 0.15) is 0 Å². The van der Waals surface area contributed by atoms with E-state index in [1.54, 1.807) is 23.1 Å². The molecule has 0 unspecified atom stereocenters. The molecule has 0 aliphatic carbocycles. The molecule has 156 valence electrons. The van der Waals surface area contributed by atoms with E-state index in [1.165, 1.54) is 5.56 Å². The van der Waals surface area contributed by atoms with Gasteiger partial charge in [0.2, 0.25) is 0 Å². The number of rotatable bonds is 6. The Balaban J connectivity index is 1.38. The van der Waals surface area contributed by atoms with Crippen LogP contribution in [-0.2, 0) is 12.3 Å². The van der Waals surface area contributed by atoms with Gasteiger partial charge in [-0.1, -0.05) is 35.9 Å². The number of carbonyl (C=O) groups excluding carboxylic acids is 1. The molecular weight excluding hydrogens is 434 g/mol. The van der Waals surface area contributed by atoms with Gasteiger partial charge in [0.25, 0.3) is 5.91 Å². The van der Waals surface area contributed by atoms with Gasteiger partial charge in [-0.3, -0.25) is 9.69 Å². The van der Waals surface area contributed by atoms with Crippen molar-refractivity contribution >= 4 is 40.6 Å². The topological polar surface area (TPSA) is 36.4 Å². The van der Waals surface area contributed by atoms with E-state index in [2.05, 4.69) is 27.4 Å². The first-order chi connectivity index (χ1) is 14.7. The van der Waals surface area contributed by atoms with Gasteiger partial charge >= 0.3 is 0 Å². The summed E-state index contributed by atoms with van der Waals surface area (Å²) in [4.78, 5) is 23.1. The highest BCUT2D eigenvalue weighted by molar-refractivity contribution is 7.98. The maximum Gasteiger partial charge on any atom is 0.255 e. The summed E-state index contributed by atoms with van der Waals surface area (Å²) in [5.41, 5.74) is 4.95. The highest BCUT2D eigenvalue weighted by Gasteiger charge is 2.22. The molecule has 0 atom stereocenters. The number of hydrogen-bond donors (Lipinski definition) is 0. The number of amides is 1. The van der Waals surface area contributed by atoms with E-state index in [4.69, 9.17) is 11.6 Å². The highest BCUT2D eigenvalue weighted by Crippen LogP contribution is 2.27. The minimum Gasteiger partial charge on any atom is -0.337 e. The molecule has 0 N–H and O–H groups in total. The molecule has 30 heavy (non-hydrogen) atoms. The van der Waals surface area contributed by atoms with E-state index in [-0.39, 0.29) is 5.91 Å². The Labute approximate surface area is 190 Å². The molecular formula is C23H24ClN3OS2. The van der Waals surface area contributed by atoms with Gasteiger partial charge < -0.3 is 4.90 Å². The Morgan fingerprint density at radius 2 is 1.90 bits per heavy atom. The molecule has 1 aliphatic rings. The number of nitrogens with zero attached hydrogens (tertiary/aromatic N) is 3. The van der Waals surface area contributed by atoms with Crippen molar-refractivity contribution in [1.29, 1.82) is 0 Å². The van der Waals surface area contributed by atoms with Crippen LogP contribution < -0.4 is 0 Å². The number of halogens is 1. The molecule has 2 heterocycles. The van der Waals surface area contributed by atoms with Crippen molar-refractivity contribution in [2.75, 3.05) is 26.2 Å². The van der Waals surface area contributed by atoms with Crippen LogP contribution >= 0.6 is 34.7 Å². The second kappa shape index (κ2) is 10.4. The van der Waals surface area contributed by atoms with Crippen molar-refractivity contribution in [2.24, 2.45) is 0 Å². The zero-order chi connectivity index (χ0) is 20.8. The lowest BCUT2D eigenvalue weighted by molar-refractivity contribution is 0.0757. The molecule has 1 aliphatic heterocycles. The van der Waals surface area contributed by atoms with E-state index in [0.29, 0.717) is 0 Å². The summed E-state index contributed by atoms with van der Waals surface area (Å²) in [5.74, 6) is 0.910. The SMILES string of the molecule is O=C(c1ccccc1SCc1cscn1)N1CCCN(Cc2ccc(Cl)cc2)CC1. The number of carbonyl (C=O) groups is 1. The maximum absolute atomic E-state index is 13.3. The average Bonchev–Trinajstić information content (AvgIpc) is 3.19. The Hall–Kier alpha value is -1.86. The smallest absolute Gasteiger partial charge is 0.255 e. The van der Waals surface area contributed by atoms with Crippen LogP contribution in [0.15, 0.2) is 64.3 Å². The van der Waals surface area contributed by atoms with Crippen molar-refractivity contribution in [3.8, 4) is 0 Å². The summed E-state index contributed by atoms with van der Waals surface area (Å²) in [6, 6.07) is 16.0. The molecule has 1 aromatic heterocycles. The first kappa shape index (κ1) is 21.4. The van der Waals surface area contributed by atoms with Crippen LogP contribution in [0.4, 0.5) is 0 Å². The molecule has 1 amide bonds. The van der Waals surface area contributed by atoms with Gasteiger partial charge in [-0.2, -0.15) is 0 Å². The van der Waals surface area contributed by atoms with Gasteiger partial charge in [0, 0.05) is 53.8 Å². The number of hydrogen-bond acceptors (Lipinski definition) is 5. The fourth-order valence-electron chi connectivity index (χ4n) is 3.58. The Morgan fingerprint density at radius 1 is 1.07 bits per heavy atom. The van der Waals surface area contributed by atoms with Crippen LogP contribution in [0.25, 0.3) is 0 Å². The monoisotopic (exact) mass is 457 g/mol. The van der Waals surface area contributed by atoms with E-state index < -0.39 is 0 Å². The molecule has 2 aromatic carbocycles. The second-order valence-corrected chi connectivity index (χ2v) is 9.49. The quantitative estimate of drug-likeness (QED) is 0.462. The first-order valence-corrected chi connectivity index (χ1v) is 12.3. The molecule has 0 radical (unpaired) electrons. The van der Waals surface area contributed by atoms with E-state index in [9.17, 15) is 4.79 Å². The Morgan fingerprint density at radius 3 is 2.70 bits per heavy atom. The predicted molar refractivity (Wildman–Crippen MR) is 125 cm³/mol. The summed E-state index contributed by atoms with van der Waals surface area (Å²) >= 11 is 9.28. The van der Waals surface area contributed by atoms with Crippen molar-refractivity contribution in [3.63, 3.8) is 0 Å². The lowest BCUT2D eigenvalue weighted by Gasteiger charge is -2.23. The summed E-state index contributed by atoms with van der Waals surface area (Å²) in [5, 5.41) is 2.82. The number of thioether (sulfide) groups is 1. The normalized spacial score (nSPS) is 15.2. The highest BCUT2D eigenvalue weighted by atomic mass is 35.5. The minimum absolute atomic E-state index is 0.129. The summed E-state index contributed by atoms with van der Waals surface area (Å²) in [6.45, 7) is 4.30. The van der Waals surface area contributed by atoms with Crippen LogP contribution in [0.2, 0.25) is 5.02 Å². The maximum atomic E-state index is 13.3. The molecule has 0 spiro atoms. The minimum atomic E-state index is 0.129. The van der Waals surface area contributed by atoms with Crippen LogP contribution in [0.1, 0.15) is 28.0 Å². The van der Waals surface area contributed by atoms with Gasteiger partial charge in [-0.05, 0) is 36.2 Å². The van der Waals surface area contributed by atoms with Crippen LogP contribution in [0, 0.1) is 0 Å². The fraction of sp³-hybridized carbons (Fsp3) is 0.304. The summed E-state index contributed by atoms with van der Waals surface area (Å²) in [7, 11) is 0. The fourth-order valence-corrected chi connectivity index (χ4v) is 5.32. The standard InChI is InChI=1S/C23H24ClN3OS2/c24-19-8-6-18(7-9-19)14-26-10-3-11-27(13-12-26)23(28)21-4-1-2-5-22(21)30-16-20-15-29-17-25-20/h1-2,4-9,15,17H,3,10-14,16H2. The zero-order valence-corrected chi connectivity index (χ0v) is 19.1.